The number of thiocarbonyl (C=S) groups is 1. The highest BCUT2D eigenvalue weighted by atomic mass is 32.2. The largest absolute Gasteiger partial charge is 0.491 e. The third-order valence-corrected chi connectivity index (χ3v) is 6.10. The lowest BCUT2D eigenvalue weighted by atomic mass is 10.2. The summed E-state index contributed by atoms with van der Waals surface area (Å²) in [6, 6.07) is 13.5. The molecule has 0 unspecified atom stereocenters. The van der Waals surface area contributed by atoms with Gasteiger partial charge < -0.3 is 18.9 Å². The van der Waals surface area contributed by atoms with E-state index in [1.165, 1.54) is 16.7 Å². The highest BCUT2D eigenvalue weighted by molar-refractivity contribution is 8.26. The van der Waals surface area contributed by atoms with Crippen molar-refractivity contribution in [3.05, 3.63) is 71.2 Å². The van der Waals surface area contributed by atoms with E-state index in [4.69, 9.17) is 31.2 Å². The number of thioether (sulfide) groups is 1. The van der Waals surface area contributed by atoms with Crippen LogP contribution in [0.5, 0.6) is 17.2 Å². The molecule has 1 aliphatic rings. The monoisotopic (exact) mass is 499 g/mol. The molecule has 2 aromatic carbocycles. The molecule has 0 bridgehead atoms. The Hall–Kier alpha value is -2.81. The quantitative estimate of drug-likeness (QED) is 0.161. The standard InChI is InChI=1S/C26H29NO5S2/c1-4-11-27-25(28)24(34-26(27)33)18-20-9-10-22(23(17-20)30-5-2)32-15-13-29-12-14-31-21-8-6-7-19(3)16-21/h4,6-10,16-18H,1,5,11-15H2,2-3H3/b24-18-. The van der Waals surface area contributed by atoms with Crippen molar-refractivity contribution in [3.63, 3.8) is 0 Å². The average molecular weight is 500 g/mol. The van der Waals surface area contributed by atoms with Crippen LogP contribution >= 0.6 is 24.0 Å². The summed E-state index contributed by atoms with van der Waals surface area (Å²) in [7, 11) is 0. The number of carbonyl (C=O) groups is 1. The van der Waals surface area contributed by atoms with Crippen LogP contribution in [0.4, 0.5) is 0 Å². The van der Waals surface area contributed by atoms with Crippen LogP contribution in [0.25, 0.3) is 6.08 Å². The zero-order valence-electron chi connectivity index (χ0n) is 19.5. The number of ether oxygens (including phenoxy) is 4. The number of aryl methyl sites for hydroxylation is 1. The van der Waals surface area contributed by atoms with Gasteiger partial charge in [-0.2, -0.15) is 0 Å². The maximum absolute atomic E-state index is 12.6. The number of rotatable bonds is 13. The Bertz CT molecular complexity index is 1050. The molecule has 0 spiro atoms. The van der Waals surface area contributed by atoms with E-state index in [0.29, 0.717) is 60.3 Å². The Morgan fingerprint density at radius 3 is 2.56 bits per heavy atom. The Balaban J connectivity index is 1.50. The normalized spacial score (nSPS) is 14.5. The molecular weight excluding hydrogens is 470 g/mol. The number of amides is 1. The van der Waals surface area contributed by atoms with Crippen LogP contribution in [0.1, 0.15) is 18.1 Å². The van der Waals surface area contributed by atoms with Crippen LogP contribution in [-0.4, -0.2) is 54.7 Å². The van der Waals surface area contributed by atoms with Gasteiger partial charge in [0.2, 0.25) is 0 Å². The van der Waals surface area contributed by atoms with E-state index >= 15 is 0 Å². The SMILES string of the molecule is C=CCN1C(=O)/C(=C/c2ccc(OCCOCCOc3cccc(C)c3)c(OCC)c2)SC1=S. The van der Waals surface area contributed by atoms with Crippen molar-refractivity contribution in [2.45, 2.75) is 13.8 Å². The third-order valence-electron chi connectivity index (χ3n) is 4.72. The molecule has 0 atom stereocenters. The molecule has 2 aromatic rings. The molecule has 180 valence electrons. The highest BCUT2D eigenvalue weighted by Crippen LogP contribution is 2.34. The summed E-state index contributed by atoms with van der Waals surface area (Å²) < 4.78 is 23.4. The molecule has 0 saturated carbocycles. The first-order valence-electron chi connectivity index (χ1n) is 11.0. The Labute approximate surface area is 210 Å². The Morgan fingerprint density at radius 2 is 1.82 bits per heavy atom. The highest BCUT2D eigenvalue weighted by Gasteiger charge is 2.31. The summed E-state index contributed by atoms with van der Waals surface area (Å²) >= 11 is 6.58. The van der Waals surface area contributed by atoms with Gasteiger partial charge in [-0.1, -0.05) is 48.3 Å². The fourth-order valence-corrected chi connectivity index (χ4v) is 4.45. The molecule has 34 heavy (non-hydrogen) atoms. The number of hydrogen-bond acceptors (Lipinski definition) is 7. The Morgan fingerprint density at radius 1 is 1.03 bits per heavy atom. The van der Waals surface area contributed by atoms with Crippen molar-refractivity contribution in [3.8, 4) is 17.2 Å². The zero-order valence-corrected chi connectivity index (χ0v) is 21.1. The number of carbonyl (C=O) groups excluding carboxylic acids is 1. The number of nitrogens with zero attached hydrogens (tertiary/aromatic N) is 1. The molecule has 1 heterocycles. The van der Waals surface area contributed by atoms with Crippen LogP contribution in [0.15, 0.2) is 60.0 Å². The maximum atomic E-state index is 12.6. The molecule has 0 radical (unpaired) electrons. The molecule has 0 aliphatic carbocycles. The van der Waals surface area contributed by atoms with Gasteiger partial charge in [0.1, 0.15) is 23.3 Å². The van der Waals surface area contributed by atoms with Crippen molar-refractivity contribution in [1.82, 2.24) is 4.90 Å². The second-order valence-corrected chi connectivity index (χ2v) is 9.02. The predicted octanol–water partition coefficient (Wildman–Crippen LogP) is 5.26. The molecule has 0 aromatic heterocycles. The lowest BCUT2D eigenvalue weighted by Crippen LogP contribution is -2.27. The zero-order chi connectivity index (χ0) is 24.3. The lowest BCUT2D eigenvalue weighted by Gasteiger charge is -2.13. The van der Waals surface area contributed by atoms with Gasteiger partial charge in [-0.05, 0) is 55.3 Å². The summed E-state index contributed by atoms with van der Waals surface area (Å²) in [5, 5.41) is 0. The van der Waals surface area contributed by atoms with Crippen molar-refractivity contribution < 1.29 is 23.7 Å². The van der Waals surface area contributed by atoms with Gasteiger partial charge in [0.15, 0.2) is 11.5 Å². The third kappa shape index (κ3) is 7.35. The van der Waals surface area contributed by atoms with Crippen molar-refractivity contribution >= 4 is 40.3 Å². The fraction of sp³-hybridized carbons (Fsp3) is 0.308. The number of benzene rings is 2. The minimum atomic E-state index is -0.114. The summed E-state index contributed by atoms with van der Waals surface area (Å²) in [4.78, 5) is 14.7. The fourth-order valence-electron chi connectivity index (χ4n) is 3.18. The van der Waals surface area contributed by atoms with Crippen molar-refractivity contribution in [2.75, 3.05) is 39.6 Å². The van der Waals surface area contributed by atoms with E-state index in [2.05, 4.69) is 6.58 Å². The molecule has 1 saturated heterocycles. The maximum Gasteiger partial charge on any atom is 0.266 e. The van der Waals surface area contributed by atoms with Crippen LogP contribution in [0.3, 0.4) is 0 Å². The molecule has 3 rings (SSSR count). The molecule has 0 N–H and O–H groups in total. The van der Waals surface area contributed by atoms with Gasteiger partial charge in [0, 0.05) is 6.54 Å². The predicted molar refractivity (Wildman–Crippen MR) is 141 cm³/mol. The summed E-state index contributed by atoms with van der Waals surface area (Å²) in [6.07, 6.45) is 3.47. The first-order valence-corrected chi connectivity index (χ1v) is 12.3. The first-order chi connectivity index (χ1) is 16.5. The van der Waals surface area contributed by atoms with Crippen molar-refractivity contribution in [2.24, 2.45) is 0 Å². The van der Waals surface area contributed by atoms with Crippen LogP contribution < -0.4 is 14.2 Å². The van der Waals surface area contributed by atoms with E-state index in [-0.39, 0.29) is 5.91 Å². The van der Waals surface area contributed by atoms with E-state index < -0.39 is 0 Å². The van der Waals surface area contributed by atoms with E-state index in [0.717, 1.165) is 16.9 Å². The molecule has 1 amide bonds. The van der Waals surface area contributed by atoms with E-state index in [1.807, 2.05) is 62.4 Å². The molecule has 6 nitrogen and oxygen atoms in total. The van der Waals surface area contributed by atoms with E-state index in [1.54, 1.807) is 6.08 Å². The minimum absolute atomic E-state index is 0.114. The van der Waals surface area contributed by atoms with Gasteiger partial charge in [-0.15, -0.1) is 6.58 Å². The molecule has 1 aliphatic heterocycles. The topological polar surface area (TPSA) is 57.2 Å². The van der Waals surface area contributed by atoms with Crippen LogP contribution in [-0.2, 0) is 9.53 Å². The van der Waals surface area contributed by atoms with Gasteiger partial charge in [-0.3, -0.25) is 9.69 Å². The van der Waals surface area contributed by atoms with Crippen LogP contribution in [0, 0.1) is 6.92 Å². The summed E-state index contributed by atoms with van der Waals surface area (Å²) in [6.45, 7) is 10.3. The van der Waals surface area contributed by atoms with Crippen LogP contribution in [0.2, 0.25) is 0 Å². The second kappa shape index (κ2) is 13.2. The lowest BCUT2D eigenvalue weighted by molar-refractivity contribution is -0.121. The van der Waals surface area contributed by atoms with Gasteiger partial charge in [0.05, 0.1) is 24.7 Å². The Kier molecular flexibility index (Phi) is 10.00. The second-order valence-electron chi connectivity index (χ2n) is 7.35. The number of hydrogen-bond donors (Lipinski definition) is 0. The first kappa shape index (κ1) is 25.8. The summed E-state index contributed by atoms with van der Waals surface area (Å²) in [5.41, 5.74) is 1.99. The molecular formula is C26H29NO5S2. The van der Waals surface area contributed by atoms with Gasteiger partial charge in [-0.25, -0.2) is 0 Å². The van der Waals surface area contributed by atoms with Gasteiger partial charge in [0.25, 0.3) is 5.91 Å². The minimum Gasteiger partial charge on any atom is -0.491 e. The van der Waals surface area contributed by atoms with Crippen molar-refractivity contribution in [1.29, 1.82) is 0 Å². The van der Waals surface area contributed by atoms with E-state index in [9.17, 15) is 4.79 Å². The average Bonchev–Trinajstić information content (AvgIpc) is 3.07. The summed E-state index contributed by atoms with van der Waals surface area (Å²) in [5.74, 6) is 1.96. The van der Waals surface area contributed by atoms with Gasteiger partial charge >= 0.3 is 0 Å². The molecule has 1 fully saturated rings. The molecule has 8 heteroatoms. The smallest absolute Gasteiger partial charge is 0.266 e.